The predicted octanol–water partition coefficient (Wildman–Crippen LogP) is 1.72. The van der Waals surface area contributed by atoms with Crippen LogP contribution >= 0.6 is 11.6 Å². The van der Waals surface area contributed by atoms with Gasteiger partial charge >= 0.3 is 18.0 Å². The number of anilines is 1. The number of rotatable bonds is 4. The summed E-state index contributed by atoms with van der Waals surface area (Å²) in [5.74, 6) is -1.85. The molecule has 0 aliphatic heterocycles. The molecule has 0 saturated carbocycles. The normalized spacial score (nSPS) is 11.3. The number of amides is 2. The molecule has 0 aliphatic carbocycles. The number of nitrogens with one attached hydrogen (secondary N) is 2. The first-order chi connectivity index (χ1) is 9.35. The maximum atomic E-state index is 11.6. The summed E-state index contributed by atoms with van der Waals surface area (Å²) in [6.45, 7) is 1.44. The average Bonchev–Trinajstić information content (AvgIpc) is 2.39. The van der Waals surface area contributed by atoms with Gasteiger partial charge < -0.3 is 20.5 Å². The van der Waals surface area contributed by atoms with Crippen LogP contribution in [-0.4, -0.2) is 36.2 Å². The first kappa shape index (κ1) is 15.8. The van der Waals surface area contributed by atoms with E-state index in [1.165, 1.54) is 32.2 Å². The van der Waals surface area contributed by atoms with Crippen molar-refractivity contribution in [2.75, 3.05) is 12.4 Å². The quantitative estimate of drug-likeness (QED) is 0.734. The number of methoxy groups -OCH3 is 1. The van der Waals surface area contributed by atoms with Crippen molar-refractivity contribution in [1.82, 2.24) is 5.32 Å². The van der Waals surface area contributed by atoms with E-state index in [9.17, 15) is 14.4 Å². The van der Waals surface area contributed by atoms with Crippen LogP contribution in [0.15, 0.2) is 18.2 Å². The summed E-state index contributed by atoms with van der Waals surface area (Å²) in [4.78, 5) is 33.8. The summed E-state index contributed by atoms with van der Waals surface area (Å²) >= 11 is 5.69. The highest BCUT2D eigenvalue weighted by molar-refractivity contribution is 6.31. The smallest absolute Gasteiger partial charge is 0.337 e. The number of halogens is 1. The Bertz CT molecular complexity index is 547. The Morgan fingerprint density at radius 2 is 2.00 bits per heavy atom. The second kappa shape index (κ2) is 6.76. The first-order valence-electron chi connectivity index (χ1n) is 5.53. The molecule has 1 aromatic carbocycles. The van der Waals surface area contributed by atoms with Crippen LogP contribution in [0.3, 0.4) is 0 Å². The number of esters is 1. The van der Waals surface area contributed by atoms with E-state index < -0.39 is 24.0 Å². The molecule has 3 N–H and O–H groups in total. The van der Waals surface area contributed by atoms with Gasteiger partial charge in [-0.3, -0.25) is 0 Å². The maximum absolute atomic E-state index is 11.6. The van der Waals surface area contributed by atoms with Gasteiger partial charge in [-0.1, -0.05) is 11.6 Å². The standard InChI is InChI=1S/C12H13ClN2O5/c1-6(11(18)20-2)14-12(19)15-9-4-3-7(13)5-8(9)10(16)17/h3-6H,1-2H3,(H,16,17)(H2,14,15,19). The van der Waals surface area contributed by atoms with Crippen LogP contribution in [0.2, 0.25) is 5.02 Å². The van der Waals surface area contributed by atoms with Gasteiger partial charge in [-0.15, -0.1) is 0 Å². The van der Waals surface area contributed by atoms with E-state index in [-0.39, 0.29) is 16.3 Å². The molecular weight excluding hydrogens is 288 g/mol. The Hall–Kier alpha value is -2.28. The van der Waals surface area contributed by atoms with Crippen molar-refractivity contribution in [3.8, 4) is 0 Å². The van der Waals surface area contributed by atoms with Crippen molar-refractivity contribution in [2.24, 2.45) is 0 Å². The summed E-state index contributed by atoms with van der Waals surface area (Å²) in [6.07, 6.45) is 0. The van der Waals surface area contributed by atoms with E-state index in [1.54, 1.807) is 0 Å². The van der Waals surface area contributed by atoms with Gasteiger partial charge in [0.2, 0.25) is 0 Å². The van der Waals surface area contributed by atoms with Crippen molar-refractivity contribution < 1.29 is 24.2 Å². The molecule has 1 rings (SSSR count). The fourth-order valence-electron chi connectivity index (χ4n) is 1.39. The van der Waals surface area contributed by atoms with Crippen LogP contribution in [0, 0.1) is 0 Å². The number of carbonyl (C=O) groups excluding carboxylic acids is 2. The monoisotopic (exact) mass is 300 g/mol. The fraction of sp³-hybridized carbons (Fsp3) is 0.250. The van der Waals surface area contributed by atoms with Crippen molar-refractivity contribution in [3.05, 3.63) is 28.8 Å². The minimum atomic E-state index is -1.23. The summed E-state index contributed by atoms with van der Waals surface area (Å²) in [6, 6.07) is 2.42. The topological polar surface area (TPSA) is 105 Å². The van der Waals surface area contributed by atoms with Crippen LogP contribution in [0.25, 0.3) is 0 Å². The van der Waals surface area contributed by atoms with Crippen molar-refractivity contribution in [2.45, 2.75) is 13.0 Å². The molecular formula is C12H13ClN2O5. The number of hydrogen-bond donors (Lipinski definition) is 3. The van der Waals surface area contributed by atoms with E-state index in [0.29, 0.717) is 0 Å². The molecule has 0 radical (unpaired) electrons. The molecule has 0 spiro atoms. The predicted molar refractivity (Wildman–Crippen MR) is 72.0 cm³/mol. The molecule has 0 heterocycles. The molecule has 0 fully saturated rings. The zero-order valence-corrected chi connectivity index (χ0v) is 11.5. The minimum Gasteiger partial charge on any atom is -0.478 e. The summed E-state index contributed by atoms with van der Waals surface area (Å²) in [7, 11) is 1.19. The molecule has 0 aromatic heterocycles. The molecule has 108 valence electrons. The van der Waals surface area contributed by atoms with Crippen molar-refractivity contribution in [3.63, 3.8) is 0 Å². The van der Waals surface area contributed by atoms with Crippen LogP contribution in [0.5, 0.6) is 0 Å². The largest absolute Gasteiger partial charge is 0.478 e. The molecule has 1 aromatic rings. The summed E-state index contributed by atoms with van der Waals surface area (Å²) in [5, 5.41) is 13.9. The minimum absolute atomic E-state index is 0.0662. The second-order valence-electron chi connectivity index (χ2n) is 3.84. The Morgan fingerprint density at radius 1 is 1.35 bits per heavy atom. The number of carboxylic acids is 1. The van der Waals surface area contributed by atoms with Crippen LogP contribution in [-0.2, 0) is 9.53 Å². The van der Waals surface area contributed by atoms with Gasteiger partial charge in [0.1, 0.15) is 6.04 Å². The van der Waals surface area contributed by atoms with Gasteiger partial charge in [0.05, 0.1) is 18.4 Å². The highest BCUT2D eigenvalue weighted by Gasteiger charge is 2.18. The molecule has 0 saturated heterocycles. The van der Waals surface area contributed by atoms with Crippen molar-refractivity contribution in [1.29, 1.82) is 0 Å². The van der Waals surface area contributed by atoms with Crippen molar-refractivity contribution >= 4 is 35.3 Å². The molecule has 7 nitrogen and oxygen atoms in total. The average molecular weight is 301 g/mol. The maximum Gasteiger partial charge on any atom is 0.337 e. The lowest BCUT2D eigenvalue weighted by Crippen LogP contribution is -2.41. The third-order valence-electron chi connectivity index (χ3n) is 2.36. The highest BCUT2D eigenvalue weighted by atomic mass is 35.5. The molecule has 20 heavy (non-hydrogen) atoms. The third-order valence-corrected chi connectivity index (χ3v) is 2.60. The van der Waals surface area contributed by atoms with E-state index in [4.69, 9.17) is 16.7 Å². The number of carbonyl (C=O) groups is 3. The number of aromatic carboxylic acids is 1. The van der Waals surface area contributed by atoms with E-state index in [0.717, 1.165) is 0 Å². The van der Waals surface area contributed by atoms with E-state index in [2.05, 4.69) is 15.4 Å². The lowest BCUT2D eigenvalue weighted by atomic mass is 10.2. The van der Waals surface area contributed by atoms with Gasteiger partial charge in [-0.25, -0.2) is 14.4 Å². The molecule has 1 atom stereocenters. The number of ether oxygens (including phenoxy) is 1. The van der Waals surface area contributed by atoms with Gasteiger partial charge in [0.25, 0.3) is 0 Å². The molecule has 0 aliphatic rings. The number of carboxylic acid groups (broad SMARTS) is 1. The Kier molecular flexibility index (Phi) is 5.33. The molecule has 0 bridgehead atoms. The van der Waals surface area contributed by atoms with Crippen LogP contribution < -0.4 is 10.6 Å². The lowest BCUT2D eigenvalue weighted by molar-refractivity contribution is -0.142. The SMILES string of the molecule is COC(=O)C(C)NC(=O)Nc1ccc(Cl)cc1C(=O)O. The molecule has 2 amide bonds. The van der Waals surface area contributed by atoms with Gasteiger partial charge in [0, 0.05) is 5.02 Å². The van der Waals surface area contributed by atoms with Crippen LogP contribution in [0.4, 0.5) is 10.5 Å². The number of hydrogen-bond acceptors (Lipinski definition) is 4. The Labute approximate surface area is 119 Å². The highest BCUT2D eigenvalue weighted by Crippen LogP contribution is 2.20. The lowest BCUT2D eigenvalue weighted by Gasteiger charge is -2.13. The third kappa shape index (κ3) is 4.13. The molecule has 1 unspecified atom stereocenters. The second-order valence-corrected chi connectivity index (χ2v) is 4.27. The zero-order chi connectivity index (χ0) is 15.3. The Balaban J connectivity index is 2.81. The first-order valence-corrected chi connectivity index (χ1v) is 5.91. The number of urea groups is 1. The zero-order valence-electron chi connectivity index (χ0n) is 10.8. The van der Waals surface area contributed by atoms with Gasteiger partial charge in [-0.05, 0) is 25.1 Å². The fourth-order valence-corrected chi connectivity index (χ4v) is 1.57. The van der Waals surface area contributed by atoms with E-state index in [1.807, 2.05) is 0 Å². The Morgan fingerprint density at radius 3 is 2.55 bits per heavy atom. The molecule has 8 heteroatoms. The number of benzene rings is 1. The van der Waals surface area contributed by atoms with Gasteiger partial charge in [0.15, 0.2) is 0 Å². The summed E-state index contributed by atoms with van der Waals surface area (Å²) in [5.41, 5.74) is -0.0881. The van der Waals surface area contributed by atoms with E-state index >= 15 is 0 Å². The van der Waals surface area contributed by atoms with Gasteiger partial charge in [-0.2, -0.15) is 0 Å². The summed E-state index contributed by atoms with van der Waals surface area (Å²) < 4.78 is 4.45. The van der Waals surface area contributed by atoms with Crippen LogP contribution in [0.1, 0.15) is 17.3 Å².